The van der Waals surface area contributed by atoms with E-state index >= 15 is 0 Å². The summed E-state index contributed by atoms with van der Waals surface area (Å²) >= 11 is 6.50. The number of halogens is 2. The molecule has 2 aromatic rings. The Labute approximate surface area is 124 Å². The van der Waals surface area contributed by atoms with E-state index in [-0.39, 0.29) is 13.7 Å². The maximum atomic E-state index is 10.1. The zero-order chi connectivity index (χ0) is 12.5. The second-order valence-electron chi connectivity index (χ2n) is 3.03. The van der Waals surface area contributed by atoms with Crippen LogP contribution in [0.25, 0.3) is 0 Å². The monoisotopic (exact) mass is 553 g/mol. The predicted octanol–water partition coefficient (Wildman–Crippen LogP) is 3.72. The summed E-state index contributed by atoms with van der Waals surface area (Å²) in [4.78, 5) is 10.1. The SMILES string of the molecule is OP(c1ccccc1)c1ccccc1.[Br][Ir][Br]. The van der Waals surface area contributed by atoms with Gasteiger partial charge >= 0.3 is 40.7 Å². The third-order valence-electron chi connectivity index (χ3n) is 2.00. The predicted molar refractivity (Wildman–Crippen MR) is 79.1 cm³/mol. The summed E-state index contributed by atoms with van der Waals surface area (Å²) in [6.07, 6.45) is 0. The second kappa shape index (κ2) is 9.38. The summed E-state index contributed by atoms with van der Waals surface area (Å²) in [5.74, 6) is 0. The fourth-order valence-corrected chi connectivity index (χ4v) is 2.49. The molecule has 0 spiro atoms. The molecule has 0 heterocycles. The molecule has 0 atom stereocenters. The van der Waals surface area contributed by atoms with Gasteiger partial charge in [0.05, 0.1) is 8.15 Å². The molecule has 0 bridgehead atoms. The van der Waals surface area contributed by atoms with Crippen molar-refractivity contribution in [1.29, 1.82) is 0 Å². The van der Waals surface area contributed by atoms with Crippen LogP contribution in [0.5, 0.6) is 0 Å². The molecule has 0 amide bonds. The van der Waals surface area contributed by atoms with Gasteiger partial charge in [-0.1, -0.05) is 60.7 Å². The van der Waals surface area contributed by atoms with E-state index < -0.39 is 8.15 Å². The van der Waals surface area contributed by atoms with Gasteiger partial charge in [-0.05, 0) is 0 Å². The molecule has 0 aliphatic rings. The summed E-state index contributed by atoms with van der Waals surface area (Å²) in [6.45, 7) is 0. The van der Waals surface area contributed by atoms with Crippen molar-refractivity contribution in [2.75, 3.05) is 0 Å². The van der Waals surface area contributed by atoms with Gasteiger partial charge in [0.15, 0.2) is 0 Å². The fourth-order valence-electron chi connectivity index (χ4n) is 1.29. The van der Waals surface area contributed by atoms with Crippen LogP contribution < -0.4 is 10.6 Å². The van der Waals surface area contributed by atoms with E-state index in [0.29, 0.717) is 0 Å². The van der Waals surface area contributed by atoms with Gasteiger partial charge in [-0.3, -0.25) is 0 Å². The average Bonchev–Trinajstić information content (AvgIpc) is 2.41. The van der Waals surface area contributed by atoms with E-state index in [1.807, 2.05) is 60.7 Å². The van der Waals surface area contributed by atoms with Crippen LogP contribution in [0.3, 0.4) is 0 Å². The van der Waals surface area contributed by atoms with Crippen molar-refractivity contribution in [1.82, 2.24) is 0 Å². The summed E-state index contributed by atoms with van der Waals surface area (Å²) in [5.41, 5.74) is 0. The molecule has 0 aromatic heterocycles. The first-order chi connectivity index (χ1) is 8.29. The van der Waals surface area contributed by atoms with Gasteiger partial charge in [0.1, 0.15) is 0 Å². The van der Waals surface area contributed by atoms with Crippen molar-refractivity contribution in [2.24, 2.45) is 0 Å². The van der Waals surface area contributed by atoms with E-state index in [2.05, 4.69) is 27.0 Å². The van der Waals surface area contributed by atoms with Gasteiger partial charge in [0, 0.05) is 10.6 Å². The molecule has 93 valence electrons. The quantitative estimate of drug-likeness (QED) is 0.562. The van der Waals surface area contributed by atoms with Crippen LogP contribution in [-0.4, -0.2) is 4.89 Å². The molecule has 0 radical (unpaired) electrons. The minimum atomic E-state index is -1.17. The second-order valence-corrected chi connectivity index (χ2v) is 15.2. The average molecular weight is 554 g/mol. The van der Waals surface area contributed by atoms with Crippen molar-refractivity contribution in [3.8, 4) is 0 Å². The summed E-state index contributed by atoms with van der Waals surface area (Å²) < 4.78 is 0. The van der Waals surface area contributed by atoms with Crippen molar-refractivity contribution < 1.29 is 18.6 Å². The van der Waals surface area contributed by atoms with E-state index in [0.717, 1.165) is 10.6 Å². The summed E-state index contributed by atoms with van der Waals surface area (Å²) in [5, 5.41) is 1.99. The molecular formula is C12H11Br2IrOP. The van der Waals surface area contributed by atoms with Gasteiger partial charge in [-0.2, -0.15) is 0 Å². The van der Waals surface area contributed by atoms with E-state index in [1.165, 1.54) is 0 Å². The Morgan fingerprint density at radius 3 is 1.35 bits per heavy atom. The maximum absolute atomic E-state index is 10.1. The fraction of sp³-hybridized carbons (Fsp3) is 0. The third-order valence-corrected chi connectivity index (χ3v) is 3.58. The first kappa shape index (κ1) is 15.5. The molecule has 1 N–H and O–H groups in total. The zero-order valence-corrected chi connectivity index (χ0v) is 15.2. The van der Waals surface area contributed by atoms with Gasteiger partial charge in [-0.15, -0.1) is 0 Å². The van der Waals surface area contributed by atoms with Crippen LogP contribution in [0.4, 0.5) is 0 Å². The van der Waals surface area contributed by atoms with Gasteiger partial charge < -0.3 is 4.89 Å². The summed E-state index contributed by atoms with van der Waals surface area (Å²) in [7, 11) is -1.17. The first-order valence-electron chi connectivity index (χ1n) is 4.72. The molecule has 0 saturated carbocycles. The van der Waals surface area contributed by atoms with Gasteiger partial charge in [0.2, 0.25) is 0 Å². The van der Waals surface area contributed by atoms with E-state index in [9.17, 15) is 4.89 Å². The Morgan fingerprint density at radius 1 is 0.765 bits per heavy atom. The number of benzene rings is 2. The molecule has 0 saturated heterocycles. The molecule has 0 fully saturated rings. The molecule has 1 nitrogen and oxygen atoms in total. The Morgan fingerprint density at radius 2 is 1.06 bits per heavy atom. The molecule has 2 aromatic carbocycles. The number of rotatable bonds is 2. The number of hydrogen-bond donors (Lipinski definition) is 1. The Kier molecular flexibility index (Phi) is 8.55. The Balaban J connectivity index is 0.000000437. The first-order valence-corrected chi connectivity index (χ1v) is 16.5. The van der Waals surface area contributed by atoms with Gasteiger partial charge in [0.25, 0.3) is 0 Å². The van der Waals surface area contributed by atoms with E-state index in [1.54, 1.807) is 0 Å². The van der Waals surface area contributed by atoms with Crippen LogP contribution in [0.2, 0.25) is 0 Å². The van der Waals surface area contributed by atoms with Gasteiger partial charge in [-0.25, -0.2) is 0 Å². The summed E-state index contributed by atoms with van der Waals surface area (Å²) in [6, 6.07) is 19.5. The van der Waals surface area contributed by atoms with Crippen molar-refractivity contribution >= 4 is 45.7 Å². The van der Waals surface area contributed by atoms with Crippen molar-refractivity contribution in [2.45, 2.75) is 0 Å². The van der Waals surface area contributed by atoms with Crippen LogP contribution >= 0.6 is 35.1 Å². The van der Waals surface area contributed by atoms with Crippen LogP contribution in [-0.2, 0) is 13.7 Å². The molecule has 0 aliphatic heterocycles. The molecule has 0 aliphatic carbocycles. The molecule has 0 unspecified atom stereocenters. The molecule has 17 heavy (non-hydrogen) atoms. The molecule has 2 rings (SSSR count). The standard InChI is InChI=1S/C12H11OP.2BrH.Ir/c13-14(11-7-3-1-4-8-11)12-9-5-2-6-10-12;;;/h1-10,13H;2*1H;/q;;;+2/p-2. The third kappa shape index (κ3) is 5.74. The van der Waals surface area contributed by atoms with E-state index in [4.69, 9.17) is 0 Å². The van der Waals surface area contributed by atoms with Crippen LogP contribution in [0.15, 0.2) is 60.7 Å². The normalized spacial score (nSPS) is 9.88. The molecule has 5 heteroatoms. The number of hydrogen-bond acceptors (Lipinski definition) is 1. The Bertz CT molecular complexity index is 374. The topological polar surface area (TPSA) is 20.2 Å². The molecular weight excluding hydrogens is 543 g/mol. The minimum absolute atomic E-state index is 0.125. The van der Waals surface area contributed by atoms with Crippen molar-refractivity contribution in [3.63, 3.8) is 0 Å². The Hall–Kier alpha value is 0.439. The zero-order valence-electron chi connectivity index (χ0n) is 8.76. The van der Waals surface area contributed by atoms with Crippen molar-refractivity contribution in [3.05, 3.63) is 60.7 Å². The van der Waals surface area contributed by atoms with Crippen LogP contribution in [0.1, 0.15) is 0 Å². The van der Waals surface area contributed by atoms with Crippen LogP contribution in [0, 0.1) is 0 Å².